The predicted octanol–water partition coefficient (Wildman–Crippen LogP) is 1.94. The molecule has 1 amide bonds. The Bertz CT molecular complexity index is 492. The number of rotatable bonds is 6. The molecule has 4 nitrogen and oxygen atoms in total. The molecule has 0 atom stereocenters. The molecule has 1 aromatic carbocycles. The maximum atomic E-state index is 13.5. The molecule has 0 heterocycles. The summed E-state index contributed by atoms with van der Waals surface area (Å²) in [6, 6.07) is 4.21. The molecule has 1 rings (SSSR count). The van der Waals surface area contributed by atoms with Crippen LogP contribution in [-0.4, -0.2) is 44.2 Å². The van der Waals surface area contributed by atoms with Crippen LogP contribution in [0.3, 0.4) is 0 Å². The number of hydrogen-bond donors (Lipinski definition) is 1. The number of halogens is 4. The number of carbonyl (C=O) groups is 1. The van der Waals surface area contributed by atoms with Crippen molar-refractivity contribution in [3.8, 4) is 5.75 Å². The van der Waals surface area contributed by atoms with Crippen molar-refractivity contribution in [2.75, 3.05) is 27.2 Å². The summed E-state index contributed by atoms with van der Waals surface area (Å²) in [4.78, 5) is 12.8. The molecule has 118 valence electrons. The molecule has 0 bridgehead atoms. The maximum absolute atomic E-state index is 13.5. The van der Waals surface area contributed by atoms with Gasteiger partial charge in [-0.2, -0.15) is 13.2 Å². The highest BCUT2D eigenvalue weighted by Crippen LogP contribution is 2.18. The lowest BCUT2D eigenvalue weighted by Crippen LogP contribution is -2.38. The average Bonchev–Trinajstić information content (AvgIpc) is 2.37. The van der Waals surface area contributed by atoms with E-state index in [1.807, 2.05) is 5.32 Å². The molecule has 0 fully saturated rings. The van der Waals surface area contributed by atoms with Crippen LogP contribution in [0.4, 0.5) is 17.6 Å². The van der Waals surface area contributed by atoms with E-state index >= 15 is 0 Å². The number of nitrogens with zero attached hydrogens (tertiary/aromatic N) is 1. The fourth-order valence-corrected chi connectivity index (χ4v) is 1.62. The lowest BCUT2D eigenvalue weighted by Gasteiger charge is -2.18. The Morgan fingerprint density at radius 1 is 1.38 bits per heavy atom. The van der Waals surface area contributed by atoms with Gasteiger partial charge < -0.3 is 15.0 Å². The van der Waals surface area contributed by atoms with Gasteiger partial charge in [0.25, 0.3) is 0 Å². The van der Waals surface area contributed by atoms with Crippen LogP contribution in [-0.2, 0) is 11.3 Å². The number of ether oxygens (including phenoxy) is 1. The molecule has 21 heavy (non-hydrogen) atoms. The minimum Gasteiger partial charge on any atom is -0.494 e. The first-order chi connectivity index (χ1) is 9.73. The number of hydrogen-bond acceptors (Lipinski definition) is 3. The van der Waals surface area contributed by atoms with Crippen LogP contribution in [0.25, 0.3) is 0 Å². The van der Waals surface area contributed by atoms with Gasteiger partial charge in [0.1, 0.15) is 0 Å². The first kappa shape index (κ1) is 17.2. The van der Waals surface area contributed by atoms with Crippen LogP contribution >= 0.6 is 0 Å². The number of benzene rings is 1. The van der Waals surface area contributed by atoms with Gasteiger partial charge in [-0.25, -0.2) is 4.39 Å². The highest BCUT2D eigenvalue weighted by atomic mass is 19.4. The van der Waals surface area contributed by atoms with Crippen LogP contribution in [0.15, 0.2) is 18.2 Å². The predicted molar refractivity (Wildman–Crippen MR) is 68.4 cm³/mol. The molecule has 1 N–H and O–H groups in total. The molecule has 0 aliphatic carbocycles. The largest absolute Gasteiger partial charge is 0.494 e. The van der Waals surface area contributed by atoms with Gasteiger partial charge in [-0.3, -0.25) is 4.79 Å². The first-order valence-corrected chi connectivity index (χ1v) is 6.07. The molecule has 1 aromatic rings. The van der Waals surface area contributed by atoms with E-state index < -0.39 is 31.0 Å². The number of carbonyl (C=O) groups excluding carboxylic acids is 1. The lowest BCUT2D eigenvalue weighted by atomic mass is 10.2. The van der Waals surface area contributed by atoms with Crippen molar-refractivity contribution in [1.82, 2.24) is 10.2 Å². The second-order valence-electron chi connectivity index (χ2n) is 4.44. The van der Waals surface area contributed by atoms with E-state index in [-0.39, 0.29) is 12.3 Å². The topological polar surface area (TPSA) is 41.6 Å². The summed E-state index contributed by atoms with van der Waals surface area (Å²) in [6.07, 6.45) is -4.36. The van der Waals surface area contributed by atoms with Crippen molar-refractivity contribution in [1.29, 1.82) is 0 Å². The van der Waals surface area contributed by atoms with Gasteiger partial charge in [-0.05, 0) is 17.7 Å². The van der Waals surface area contributed by atoms with E-state index in [4.69, 9.17) is 4.74 Å². The van der Waals surface area contributed by atoms with E-state index in [0.29, 0.717) is 5.56 Å². The van der Waals surface area contributed by atoms with E-state index in [2.05, 4.69) is 0 Å². The average molecular weight is 308 g/mol. The molecule has 0 aromatic heterocycles. The van der Waals surface area contributed by atoms with Crippen LogP contribution < -0.4 is 10.1 Å². The summed E-state index contributed by atoms with van der Waals surface area (Å²) < 4.78 is 54.0. The molecule has 0 spiro atoms. The lowest BCUT2D eigenvalue weighted by molar-refractivity contribution is -0.133. The van der Waals surface area contributed by atoms with Crippen molar-refractivity contribution in [3.05, 3.63) is 29.6 Å². The summed E-state index contributed by atoms with van der Waals surface area (Å²) in [5, 5.41) is 2.01. The van der Waals surface area contributed by atoms with Crippen LogP contribution in [0, 0.1) is 5.82 Å². The van der Waals surface area contributed by atoms with Gasteiger partial charge in [-0.1, -0.05) is 6.07 Å². The summed E-state index contributed by atoms with van der Waals surface area (Å²) >= 11 is 0. The van der Waals surface area contributed by atoms with Gasteiger partial charge in [0.05, 0.1) is 20.2 Å². The number of alkyl halides is 3. The Morgan fingerprint density at radius 2 is 2.05 bits per heavy atom. The summed E-state index contributed by atoms with van der Waals surface area (Å²) in [5.41, 5.74) is 0.514. The minimum absolute atomic E-state index is 0.0829. The summed E-state index contributed by atoms with van der Waals surface area (Å²) in [7, 11) is 2.76. The SMILES string of the molecule is COc1ccc(CN(C)C(=O)CNCC(F)(F)F)cc1F. The van der Waals surface area contributed by atoms with Gasteiger partial charge in [0.15, 0.2) is 11.6 Å². The molecular weight excluding hydrogens is 292 g/mol. The van der Waals surface area contributed by atoms with Crippen LogP contribution in [0.1, 0.15) is 5.56 Å². The van der Waals surface area contributed by atoms with Crippen molar-refractivity contribution < 1.29 is 27.1 Å². The Hall–Kier alpha value is -1.83. The molecule has 0 radical (unpaired) electrons. The quantitative estimate of drug-likeness (QED) is 0.817. The van der Waals surface area contributed by atoms with E-state index in [1.54, 1.807) is 6.07 Å². The molecule has 8 heteroatoms. The zero-order valence-corrected chi connectivity index (χ0v) is 11.6. The third kappa shape index (κ3) is 5.99. The number of amides is 1. The van der Waals surface area contributed by atoms with Crippen molar-refractivity contribution >= 4 is 5.91 Å². The molecule has 0 saturated heterocycles. The fraction of sp³-hybridized carbons (Fsp3) is 0.462. The third-order valence-electron chi connectivity index (χ3n) is 2.66. The summed E-state index contributed by atoms with van der Waals surface area (Å²) in [5.74, 6) is -0.999. The van der Waals surface area contributed by atoms with Crippen molar-refractivity contribution in [3.63, 3.8) is 0 Å². The fourth-order valence-electron chi connectivity index (χ4n) is 1.62. The maximum Gasteiger partial charge on any atom is 0.401 e. The van der Waals surface area contributed by atoms with Gasteiger partial charge >= 0.3 is 6.18 Å². The number of methoxy groups -OCH3 is 1. The zero-order chi connectivity index (χ0) is 16.0. The normalized spacial score (nSPS) is 11.3. The molecular formula is C13H16F4N2O2. The van der Waals surface area contributed by atoms with E-state index in [0.717, 1.165) is 0 Å². The van der Waals surface area contributed by atoms with Crippen LogP contribution in [0.5, 0.6) is 5.75 Å². The Labute approximate surface area is 119 Å². The second-order valence-corrected chi connectivity index (χ2v) is 4.44. The standard InChI is InChI=1S/C13H16F4N2O2/c1-19(12(20)6-18-8-13(15,16)17)7-9-3-4-11(21-2)10(14)5-9/h3-5,18H,6-8H2,1-2H3. The zero-order valence-electron chi connectivity index (χ0n) is 11.6. The highest BCUT2D eigenvalue weighted by Gasteiger charge is 2.26. The third-order valence-corrected chi connectivity index (χ3v) is 2.66. The minimum atomic E-state index is -4.36. The smallest absolute Gasteiger partial charge is 0.401 e. The summed E-state index contributed by atoms with van der Waals surface area (Å²) in [6.45, 7) is -1.58. The molecule has 0 saturated carbocycles. The number of nitrogens with one attached hydrogen (secondary N) is 1. The Balaban J connectivity index is 2.50. The van der Waals surface area contributed by atoms with Crippen LogP contribution in [0.2, 0.25) is 0 Å². The Kier molecular flexibility index (Phi) is 5.95. The van der Waals surface area contributed by atoms with Gasteiger partial charge in [0, 0.05) is 13.6 Å². The monoisotopic (exact) mass is 308 g/mol. The molecule has 0 aliphatic rings. The molecule has 0 aliphatic heterocycles. The van der Waals surface area contributed by atoms with Gasteiger partial charge in [0.2, 0.25) is 5.91 Å². The van der Waals surface area contributed by atoms with Gasteiger partial charge in [-0.15, -0.1) is 0 Å². The second kappa shape index (κ2) is 7.26. The molecule has 0 unspecified atom stereocenters. The van der Waals surface area contributed by atoms with E-state index in [1.165, 1.54) is 31.2 Å². The number of likely N-dealkylation sites (N-methyl/N-ethyl adjacent to an activating group) is 1. The Morgan fingerprint density at radius 3 is 2.57 bits per heavy atom. The highest BCUT2D eigenvalue weighted by molar-refractivity contribution is 5.77. The van der Waals surface area contributed by atoms with Crippen molar-refractivity contribution in [2.45, 2.75) is 12.7 Å². The van der Waals surface area contributed by atoms with E-state index in [9.17, 15) is 22.4 Å². The van der Waals surface area contributed by atoms with Crippen molar-refractivity contribution in [2.24, 2.45) is 0 Å². The first-order valence-electron chi connectivity index (χ1n) is 6.07.